The van der Waals surface area contributed by atoms with E-state index in [1.807, 2.05) is 0 Å². The fraction of sp³-hybridized carbons (Fsp3) is 0.294. The summed E-state index contributed by atoms with van der Waals surface area (Å²) in [7, 11) is 0. The molecule has 2 aromatic rings. The lowest BCUT2D eigenvalue weighted by Gasteiger charge is -2.30. The third-order valence-electron chi connectivity index (χ3n) is 3.69. The van der Waals surface area contributed by atoms with Gasteiger partial charge in [-0.15, -0.1) is 0 Å². The number of piperidine rings is 1. The van der Waals surface area contributed by atoms with E-state index in [0.29, 0.717) is 0 Å². The van der Waals surface area contributed by atoms with Gasteiger partial charge in [-0.25, -0.2) is 0 Å². The van der Waals surface area contributed by atoms with Gasteiger partial charge in [0, 0.05) is 24.3 Å². The van der Waals surface area contributed by atoms with Gasteiger partial charge in [-0.05, 0) is 30.9 Å². The van der Waals surface area contributed by atoms with Gasteiger partial charge in [-0.1, -0.05) is 48.5 Å². The molecule has 0 saturated carbocycles. The molecular formula is C17H19N. The van der Waals surface area contributed by atoms with Crippen molar-refractivity contribution in [2.24, 2.45) is 0 Å². The van der Waals surface area contributed by atoms with E-state index in [4.69, 9.17) is 0 Å². The molecule has 0 aliphatic carbocycles. The highest BCUT2D eigenvalue weighted by Crippen LogP contribution is 2.32. The summed E-state index contributed by atoms with van der Waals surface area (Å²) in [6.07, 6.45) is 4.02. The van der Waals surface area contributed by atoms with E-state index in [1.165, 1.54) is 49.2 Å². The highest BCUT2D eigenvalue weighted by molar-refractivity contribution is 5.78. The van der Waals surface area contributed by atoms with Crippen LogP contribution in [0.3, 0.4) is 0 Å². The predicted octanol–water partition coefficient (Wildman–Crippen LogP) is 4.34. The first-order valence-corrected chi connectivity index (χ1v) is 6.84. The first-order chi connectivity index (χ1) is 8.95. The molecule has 92 valence electrons. The van der Waals surface area contributed by atoms with Crippen molar-refractivity contribution in [3.05, 3.63) is 54.6 Å². The summed E-state index contributed by atoms with van der Waals surface area (Å²) in [5.41, 5.74) is 4.07. The molecule has 1 aliphatic heterocycles. The van der Waals surface area contributed by atoms with Gasteiger partial charge in [0.05, 0.1) is 0 Å². The van der Waals surface area contributed by atoms with Gasteiger partial charge in [0.25, 0.3) is 0 Å². The van der Waals surface area contributed by atoms with E-state index in [2.05, 4.69) is 59.5 Å². The van der Waals surface area contributed by atoms with Crippen molar-refractivity contribution in [1.82, 2.24) is 0 Å². The summed E-state index contributed by atoms with van der Waals surface area (Å²) >= 11 is 0. The monoisotopic (exact) mass is 237 g/mol. The molecule has 1 fully saturated rings. The molecule has 0 spiro atoms. The summed E-state index contributed by atoms with van der Waals surface area (Å²) in [6.45, 7) is 2.40. The molecule has 0 aromatic heterocycles. The van der Waals surface area contributed by atoms with E-state index in [0.717, 1.165) is 0 Å². The first-order valence-electron chi connectivity index (χ1n) is 6.84. The second-order valence-corrected chi connectivity index (χ2v) is 4.93. The van der Waals surface area contributed by atoms with Crippen molar-refractivity contribution in [2.45, 2.75) is 19.3 Å². The van der Waals surface area contributed by atoms with Crippen molar-refractivity contribution in [3.8, 4) is 11.1 Å². The molecule has 1 nitrogen and oxygen atoms in total. The molecule has 1 heteroatoms. The van der Waals surface area contributed by atoms with Crippen LogP contribution in [0.5, 0.6) is 0 Å². The Bertz CT molecular complexity index is 498. The van der Waals surface area contributed by atoms with Crippen molar-refractivity contribution in [3.63, 3.8) is 0 Å². The third kappa shape index (κ3) is 2.26. The Labute approximate surface area is 109 Å². The van der Waals surface area contributed by atoms with Crippen LogP contribution in [0.25, 0.3) is 11.1 Å². The minimum absolute atomic E-state index is 1.20. The standard InChI is InChI=1S/C17H19N/c1-3-9-15(10-4-1)16-11-5-6-12-17(16)18-13-7-2-8-14-18/h1,3-6,9-12H,2,7-8,13-14H2. The maximum Gasteiger partial charge on any atom is 0.0445 e. The van der Waals surface area contributed by atoms with Gasteiger partial charge in [-0.2, -0.15) is 0 Å². The highest BCUT2D eigenvalue weighted by atomic mass is 15.1. The molecule has 2 aromatic carbocycles. The van der Waals surface area contributed by atoms with Crippen LogP contribution < -0.4 is 4.90 Å². The van der Waals surface area contributed by atoms with E-state index in [-0.39, 0.29) is 0 Å². The molecule has 1 saturated heterocycles. The lowest BCUT2D eigenvalue weighted by molar-refractivity contribution is 0.578. The Morgan fingerprint density at radius 2 is 1.33 bits per heavy atom. The molecule has 1 heterocycles. The Balaban J connectivity index is 1.99. The van der Waals surface area contributed by atoms with Crippen LogP contribution in [0.2, 0.25) is 0 Å². The number of benzene rings is 2. The topological polar surface area (TPSA) is 3.24 Å². The summed E-state index contributed by atoms with van der Waals surface area (Å²) < 4.78 is 0. The van der Waals surface area contributed by atoms with Gasteiger partial charge in [0.1, 0.15) is 0 Å². The van der Waals surface area contributed by atoms with Gasteiger partial charge < -0.3 is 4.90 Å². The van der Waals surface area contributed by atoms with Crippen LogP contribution in [-0.4, -0.2) is 13.1 Å². The highest BCUT2D eigenvalue weighted by Gasteiger charge is 2.14. The quantitative estimate of drug-likeness (QED) is 0.751. The second kappa shape index (κ2) is 5.26. The largest absolute Gasteiger partial charge is 0.371 e. The fourth-order valence-corrected chi connectivity index (χ4v) is 2.75. The molecule has 0 unspecified atom stereocenters. The average Bonchev–Trinajstić information content (AvgIpc) is 2.49. The average molecular weight is 237 g/mol. The zero-order chi connectivity index (χ0) is 12.2. The first kappa shape index (κ1) is 11.3. The SMILES string of the molecule is c1ccc(-c2ccccc2N2CCCCC2)cc1. The van der Waals surface area contributed by atoms with Crippen molar-refractivity contribution in [1.29, 1.82) is 0 Å². The summed E-state index contributed by atoms with van der Waals surface area (Å²) in [5, 5.41) is 0. The Kier molecular flexibility index (Phi) is 3.31. The van der Waals surface area contributed by atoms with Crippen molar-refractivity contribution in [2.75, 3.05) is 18.0 Å². The number of anilines is 1. The van der Waals surface area contributed by atoms with Crippen LogP contribution in [0, 0.1) is 0 Å². The molecular weight excluding hydrogens is 218 g/mol. The maximum absolute atomic E-state index is 2.53. The van der Waals surface area contributed by atoms with Crippen LogP contribution in [-0.2, 0) is 0 Å². The Morgan fingerprint density at radius 3 is 2.11 bits per heavy atom. The third-order valence-corrected chi connectivity index (χ3v) is 3.69. The molecule has 0 radical (unpaired) electrons. The van der Waals surface area contributed by atoms with Crippen molar-refractivity contribution >= 4 is 5.69 Å². The number of hydrogen-bond acceptors (Lipinski definition) is 1. The molecule has 18 heavy (non-hydrogen) atoms. The fourth-order valence-electron chi connectivity index (χ4n) is 2.75. The van der Waals surface area contributed by atoms with E-state index < -0.39 is 0 Å². The summed E-state index contributed by atoms with van der Waals surface area (Å²) in [5.74, 6) is 0. The second-order valence-electron chi connectivity index (χ2n) is 4.93. The van der Waals surface area contributed by atoms with E-state index >= 15 is 0 Å². The van der Waals surface area contributed by atoms with Crippen LogP contribution >= 0.6 is 0 Å². The molecule has 0 amide bonds. The lowest BCUT2D eigenvalue weighted by atomic mass is 10.0. The van der Waals surface area contributed by atoms with Gasteiger partial charge in [0.15, 0.2) is 0 Å². The molecule has 3 rings (SSSR count). The summed E-state index contributed by atoms with van der Waals surface area (Å²) in [6, 6.07) is 19.5. The van der Waals surface area contributed by atoms with Crippen LogP contribution in [0.1, 0.15) is 19.3 Å². The van der Waals surface area contributed by atoms with Gasteiger partial charge in [-0.3, -0.25) is 0 Å². The smallest absolute Gasteiger partial charge is 0.0445 e. The number of para-hydroxylation sites is 1. The van der Waals surface area contributed by atoms with Crippen molar-refractivity contribution < 1.29 is 0 Å². The molecule has 0 N–H and O–H groups in total. The zero-order valence-electron chi connectivity index (χ0n) is 10.7. The van der Waals surface area contributed by atoms with Crippen LogP contribution in [0.4, 0.5) is 5.69 Å². The minimum atomic E-state index is 1.20. The minimum Gasteiger partial charge on any atom is -0.371 e. The van der Waals surface area contributed by atoms with E-state index in [9.17, 15) is 0 Å². The lowest BCUT2D eigenvalue weighted by Crippen LogP contribution is -2.29. The zero-order valence-corrected chi connectivity index (χ0v) is 10.7. The van der Waals surface area contributed by atoms with Crippen LogP contribution in [0.15, 0.2) is 54.6 Å². The Morgan fingerprint density at radius 1 is 0.667 bits per heavy atom. The molecule has 0 bridgehead atoms. The maximum atomic E-state index is 2.53. The van der Waals surface area contributed by atoms with Gasteiger partial charge in [0.2, 0.25) is 0 Å². The number of hydrogen-bond donors (Lipinski definition) is 0. The summed E-state index contributed by atoms with van der Waals surface area (Å²) in [4.78, 5) is 2.53. The van der Waals surface area contributed by atoms with E-state index in [1.54, 1.807) is 0 Å². The Hall–Kier alpha value is -1.76. The normalized spacial score (nSPS) is 15.7. The predicted molar refractivity (Wildman–Crippen MR) is 77.9 cm³/mol. The van der Waals surface area contributed by atoms with Gasteiger partial charge >= 0.3 is 0 Å². The molecule has 0 atom stereocenters. The molecule has 1 aliphatic rings. The number of rotatable bonds is 2. The number of nitrogens with zero attached hydrogens (tertiary/aromatic N) is 1.